The second-order valence-corrected chi connectivity index (χ2v) is 9.50. The Kier molecular flexibility index (Phi) is 5.81. The van der Waals surface area contributed by atoms with E-state index in [4.69, 9.17) is 15.4 Å². The fourth-order valence-corrected chi connectivity index (χ4v) is 1.87. The maximum Gasteiger partial charge on any atom is 0.308 e. The van der Waals surface area contributed by atoms with Gasteiger partial charge in [-0.3, -0.25) is 4.79 Å². The third-order valence-electron chi connectivity index (χ3n) is 1.49. The third kappa shape index (κ3) is 8.44. The Balaban J connectivity index is 3.42. The molecule has 0 rings (SSSR count). The van der Waals surface area contributed by atoms with Gasteiger partial charge in [-0.25, -0.2) is 0 Å². The molecule has 2 nitrogen and oxygen atoms in total. The molecule has 0 N–H and O–H groups in total. The maximum absolute atomic E-state index is 11.0. The molecule has 0 amide bonds. The summed E-state index contributed by atoms with van der Waals surface area (Å²) in [6, 6.07) is 0. The summed E-state index contributed by atoms with van der Waals surface area (Å²) >= 11 is 0. The Morgan fingerprint density at radius 1 is 1.46 bits per heavy atom. The highest BCUT2D eigenvalue weighted by Crippen LogP contribution is 2.45. The van der Waals surface area contributed by atoms with E-state index >= 15 is 0 Å². The van der Waals surface area contributed by atoms with Crippen LogP contribution in [0.4, 0.5) is 0 Å². The molecule has 0 saturated carbocycles. The Hall–Kier alpha value is 0.110. The number of halogens is 1. The van der Waals surface area contributed by atoms with Crippen LogP contribution in [0.3, 0.4) is 0 Å². The van der Waals surface area contributed by atoms with E-state index in [1.807, 2.05) is 26.4 Å². The quantitative estimate of drug-likeness (QED) is 0.532. The Bertz CT molecular complexity index is 163. The standard InChI is InChI=1S/C9H19ClO2S/c1-8(2)9(11)12-6-5-7-13(3,4)10/h8H,5-7H2,1-4H3. The first-order valence-corrected chi connectivity index (χ1v) is 7.84. The monoisotopic (exact) mass is 226 g/mol. The van der Waals surface area contributed by atoms with E-state index in [0.29, 0.717) is 6.61 Å². The summed E-state index contributed by atoms with van der Waals surface area (Å²) in [7, 11) is 5.09. The first kappa shape index (κ1) is 13.1. The zero-order valence-electron chi connectivity index (χ0n) is 8.80. The van der Waals surface area contributed by atoms with Gasteiger partial charge in [0.1, 0.15) is 0 Å². The van der Waals surface area contributed by atoms with E-state index in [0.717, 1.165) is 12.2 Å². The van der Waals surface area contributed by atoms with Gasteiger partial charge in [0, 0.05) is 0 Å². The molecule has 0 aliphatic carbocycles. The molecule has 0 bridgehead atoms. The van der Waals surface area contributed by atoms with Gasteiger partial charge in [-0.2, -0.15) is 9.24 Å². The zero-order chi connectivity index (χ0) is 10.5. The molecule has 0 fully saturated rings. The van der Waals surface area contributed by atoms with Crippen LogP contribution in [0.1, 0.15) is 20.3 Å². The molecule has 0 aromatic rings. The average molecular weight is 227 g/mol. The number of rotatable bonds is 5. The number of carbonyl (C=O) groups excluding carboxylic acids is 1. The van der Waals surface area contributed by atoms with Crippen LogP contribution in [0.25, 0.3) is 0 Å². The van der Waals surface area contributed by atoms with E-state index < -0.39 is 9.24 Å². The molecular weight excluding hydrogens is 208 g/mol. The first-order valence-electron chi connectivity index (χ1n) is 4.40. The average Bonchev–Trinajstić information content (AvgIpc) is 1.95. The fraction of sp³-hybridized carbons (Fsp3) is 0.889. The van der Waals surface area contributed by atoms with Crippen LogP contribution in [-0.2, 0) is 9.53 Å². The van der Waals surface area contributed by atoms with Crippen molar-refractivity contribution in [1.82, 2.24) is 0 Å². The first-order chi connectivity index (χ1) is 5.83. The minimum atomic E-state index is -0.961. The highest BCUT2D eigenvalue weighted by atomic mass is 35.7. The summed E-state index contributed by atoms with van der Waals surface area (Å²) in [5, 5.41) is 0. The van der Waals surface area contributed by atoms with Crippen molar-refractivity contribution in [2.45, 2.75) is 20.3 Å². The van der Waals surface area contributed by atoms with E-state index in [9.17, 15) is 4.79 Å². The second kappa shape index (κ2) is 5.76. The molecule has 80 valence electrons. The van der Waals surface area contributed by atoms with Crippen LogP contribution in [0, 0.1) is 5.92 Å². The van der Waals surface area contributed by atoms with E-state index in [1.165, 1.54) is 0 Å². The third-order valence-corrected chi connectivity index (χ3v) is 3.21. The molecule has 4 heteroatoms. The normalized spacial score (nSPS) is 13.1. The molecule has 0 atom stereocenters. The molecule has 0 heterocycles. The number of hydrogen-bond donors (Lipinski definition) is 0. The van der Waals surface area contributed by atoms with Crippen molar-refractivity contribution in [3.8, 4) is 0 Å². The van der Waals surface area contributed by atoms with Crippen molar-refractivity contribution in [3.63, 3.8) is 0 Å². The van der Waals surface area contributed by atoms with Gasteiger partial charge in [-0.05, 0) is 24.7 Å². The molecule has 0 saturated heterocycles. The van der Waals surface area contributed by atoms with Crippen LogP contribution in [0.15, 0.2) is 0 Å². The second-order valence-electron chi connectivity index (χ2n) is 3.78. The topological polar surface area (TPSA) is 26.3 Å². The maximum atomic E-state index is 11.0. The molecule has 0 spiro atoms. The highest BCUT2D eigenvalue weighted by Gasteiger charge is 2.09. The largest absolute Gasteiger partial charge is 0.465 e. The molecule has 0 aromatic heterocycles. The Labute approximate surface area is 86.8 Å². The molecular formula is C9H19ClO2S. The van der Waals surface area contributed by atoms with Gasteiger partial charge in [-0.1, -0.05) is 24.5 Å². The summed E-state index contributed by atoms with van der Waals surface area (Å²) in [5.41, 5.74) is 0. The van der Waals surface area contributed by atoms with Crippen molar-refractivity contribution in [3.05, 3.63) is 0 Å². The number of esters is 1. The van der Waals surface area contributed by atoms with Gasteiger partial charge in [0.15, 0.2) is 0 Å². The van der Waals surface area contributed by atoms with Crippen LogP contribution < -0.4 is 0 Å². The van der Waals surface area contributed by atoms with Gasteiger partial charge in [0.2, 0.25) is 0 Å². The molecule has 0 aliphatic heterocycles. The minimum absolute atomic E-state index is 0.0311. The number of ether oxygens (including phenoxy) is 1. The lowest BCUT2D eigenvalue weighted by Gasteiger charge is -2.21. The van der Waals surface area contributed by atoms with Crippen LogP contribution in [0.5, 0.6) is 0 Å². The molecule has 0 unspecified atom stereocenters. The van der Waals surface area contributed by atoms with Gasteiger partial charge < -0.3 is 4.74 Å². The summed E-state index contributed by atoms with van der Waals surface area (Å²) in [4.78, 5) is 11.0. The lowest BCUT2D eigenvalue weighted by atomic mass is 10.2. The van der Waals surface area contributed by atoms with Crippen molar-refractivity contribution >= 4 is 25.9 Å². The Morgan fingerprint density at radius 3 is 2.38 bits per heavy atom. The van der Waals surface area contributed by atoms with Gasteiger partial charge in [0.05, 0.1) is 12.5 Å². The lowest BCUT2D eigenvalue weighted by Crippen LogP contribution is -2.13. The lowest BCUT2D eigenvalue weighted by molar-refractivity contribution is -0.147. The van der Waals surface area contributed by atoms with Crippen LogP contribution in [0.2, 0.25) is 0 Å². The van der Waals surface area contributed by atoms with Gasteiger partial charge in [0.25, 0.3) is 0 Å². The van der Waals surface area contributed by atoms with Crippen molar-refractivity contribution in [1.29, 1.82) is 0 Å². The summed E-state index contributed by atoms with van der Waals surface area (Å²) < 4.78 is 5.01. The Morgan fingerprint density at radius 2 is 2.00 bits per heavy atom. The number of hydrogen-bond acceptors (Lipinski definition) is 2. The van der Waals surface area contributed by atoms with Crippen molar-refractivity contribution in [2.24, 2.45) is 5.92 Å². The van der Waals surface area contributed by atoms with Gasteiger partial charge >= 0.3 is 5.97 Å². The molecule has 0 aliphatic rings. The summed E-state index contributed by atoms with van der Waals surface area (Å²) in [6.07, 6.45) is 4.95. The summed E-state index contributed by atoms with van der Waals surface area (Å²) in [6.45, 7) is 4.16. The van der Waals surface area contributed by atoms with E-state index in [-0.39, 0.29) is 11.9 Å². The van der Waals surface area contributed by atoms with Gasteiger partial charge in [-0.15, -0.1) is 0 Å². The molecule has 0 aromatic carbocycles. The summed E-state index contributed by atoms with van der Waals surface area (Å²) in [5.74, 6) is 0.790. The zero-order valence-corrected chi connectivity index (χ0v) is 10.4. The fourth-order valence-electron chi connectivity index (χ4n) is 0.742. The van der Waals surface area contributed by atoms with E-state index in [2.05, 4.69) is 0 Å². The van der Waals surface area contributed by atoms with Crippen molar-refractivity contribution < 1.29 is 9.53 Å². The van der Waals surface area contributed by atoms with Crippen molar-refractivity contribution in [2.75, 3.05) is 24.9 Å². The SMILES string of the molecule is CC(C)C(=O)OCCCS(C)(C)Cl. The van der Waals surface area contributed by atoms with E-state index in [1.54, 1.807) is 0 Å². The minimum Gasteiger partial charge on any atom is -0.465 e. The number of carbonyl (C=O) groups is 1. The van der Waals surface area contributed by atoms with Crippen LogP contribution in [-0.4, -0.2) is 30.8 Å². The molecule has 13 heavy (non-hydrogen) atoms. The smallest absolute Gasteiger partial charge is 0.308 e. The highest BCUT2D eigenvalue weighted by molar-refractivity contribution is 8.50. The molecule has 0 radical (unpaired) electrons. The van der Waals surface area contributed by atoms with Crippen LogP contribution >= 0.6 is 19.9 Å². The predicted octanol–water partition coefficient (Wildman–Crippen LogP) is 2.79. The predicted molar refractivity (Wildman–Crippen MR) is 60.6 cm³/mol.